The highest BCUT2D eigenvalue weighted by Gasteiger charge is 2.26. The van der Waals surface area contributed by atoms with Gasteiger partial charge in [0.15, 0.2) is 0 Å². The van der Waals surface area contributed by atoms with Crippen LogP contribution in [0.1, 0.15) is 24.5 Å². The molecule has 17 heavy (non-hydrogen) atoms. The van der Waals surface area contributed by atoms with Crippen LogP contribution in [0.15, 0.2) is 18.2 Å². The van der Waals surface area contributed by atoms with E-state index in [0.29, 0.717) is 36.6 Å². The standard InChI is InChI=1S/C13H13FN2O/c1-9-4-13(17)16(7-9)8-11-3-2-10(6-15)5-12(11)14/h2-3,5,9H,4,7-8H2,1H3. The van der Waals surface area contributed by atoms with Crippen LogP contribution in [0, 0.1) is 23.1 Å². The third-order valence-electron chi connectivity index (χ3n) is 2.95. The third-order valence-corrected chi connectivity index (χ3v) is 2.95. The zero-order valence-corrected chi connectivity index (χ0v) is 9.61. The number of hydrogen-bond donors (Lipinski definition) is 0. The summed E-state index contributed by atoms with van der Waals surface area (Å²) in [5, 5.41) is 8.63. The van der Waals surface area contributed by atoms with Gasteiger partial charge in [0.2, 0.25) is 5.91 Å². The second-order valence-electron chi connectivity index (χ2n) is 4.50. The van der Waals surface area contributed by atoms with Crippen LogP contribution >= 0.6 is 0 Å². The van der Waals surface area contributed by atoms with E-state index in [0.717, 1.165) is 0 Å². The van der Waals surface area contributed by atoms with Crippen molar-refractivity contribution < 1.29 is 9.18 Å². The van der Waals surface area contributed by atoms with E-state index < -0.39 is 5.82 Å². The molecule has 1 saturated heterocycles. The number of nitrogens with zero attached hydrogens (tertiary/aromatic N) is 2. The molecule has 1 fully saturated rings. The smallest absolute Gasteiger partial charge is 0.223 e. The van der Waals surface area contributed by atoms with Crippen molar-refractivity contribution in [2.45, 2.75) is 19.9 Å². The minimum atomic E-state index is -0.420. The fraction of sp³-hybridized carbons (Fsp3) is 0.385. The van der Waals surface area contributed by atoms with Gasteiger partial charge in [-0.15, -0.1) is 0 Å². The molecule has 0 radical (unpaired) electrons. The topological polar surface area (TPSA) is 44.1 Å². The molecule has 1 aromatic carbocycles. The van der Waals surface area contributed by atoms with Crippen molar-refractivity contribution in [1.29, 1.82) is 5.26 Å². The maximum absolute atomic E-state index is 13.6. The van der Waals surface area contributed by atoms with Crippen LogP contribution in [-0.2, 0) is 11.3 Å². The Morgan fingerprint density at radius 3 is 2.88 bits per heavy atom. The molecule has 1 heterocycles. The molecular formula is C13H13FN2O. The fourth-order valence-electron chi connectivity index (χ4n) is 2.07. The minimum Gasteiger partial charge on any atom is -0.338 e. The molecule has 1 amide bonds. The summed E-state index contributed by atoms with van der Waals surface area (Å²) in [7, 11) is 0. The van der Waals surface area contributed by atoms with Crippen LogP contribution in [0.3, 0.4) is 0 Å². The van der Waals surface area contributed by atoms with E-state index in [9.17, 15) is 9.18 Å². The van der Waals surface area contributed by atoms with E-state index in [4.69, 9.17) is 5.26 Å². The number of benzene rings is 1. The van der Waals surface area contributed by atoms with Crippen LogP contribution in [0.25, 0.3) is 0 Å². The van der Waals surface area contributed by atoms with Gasteiger partial charge in [-0.05, 0) is 18.1 Å². The average molecular weight is 232 g/mol. The SMILES string of the molecule is CC1CC(=O)N(Cc2ccc(C#N)cc2F)C1. The fourth-order valence-corrected chi connectivity index (χ4v) is 2.07. The Labute approximate surface area is 99.5 Å². The van der Waals surface area contributed by atoms with Crippen LogP contribution in [0.2, 0.25) is 0 Å². The number of nitriles is 1. The molecule has 1 aliphatic heterocycles. The highest BCUT2D eigenvalue weighted by molar-refractivity contribution is 5.78. The first-order valence-electron chi connectivity index (χ1n) is 5.56. The first kappa shape index (κ1) is 11.6. The van der Waals surface area contributed by atoms with Crippen LogP contribution in [0.4, 0.5) is 4.39 Å². The number of carbonyl (C=O) groups is 1. The van der Waals surface area contributed by atoms with Gasteiger partial charge in [-0.1, -0.05) is 13.0 Å². The minimum absolute atomic E-state index is 0.0706. The normalized spacial score (nSPS) is 19.5. The number of amides is 1. The molecule has 4 heteroatoms. The summed E-state index contributed by atoms with van der Waals surface area (Å²) in [6.07, 6.45) is 0.540. The Balaban J connectivity index is 2.14. The quantitative estimate of drug-likeness (QED) is 0.783. The summed E-state index contributed by atoms with van der Waals surface area (Å²) in [6, 6.07) is 6.24. The van der Waals surface area contributed by atoms with Crippen molar-refractivity contribution in [3.8, 4) is 6.07 Å². The van der Waals surface area contributed by atoms with Gasteiger partial charge in [0, 0.05) is 25.1 Å². The second kappa shape index (κ2) is 4.54. The molecule has 2 rings (SSSR count). The Kier molecular flexibility index (Phi) is 3.10. The van der Waals surface area contributed by atoms with Crippen molar-refractivity contribution in [1.82, 2.24) is 4.90 Å². The predicted molar refractivity (Wildman–Crippen MR) is 60.3 cm³/mol. The van der Waals surface area contributed by atoms with Crippen molar-refractivity contribution >= 4 is 5.91 Å². The Morgan fingerprint density at radius 2 is 2.35 bits per heavy atom. The molecule has 0 bridgehead atoms. The van der Waals surface area contributed by atoms with Gasteiger partial charge in [0.25, 0.3) is 0 Å². The summed E-state index contributed by atoms with van der Waals surface area (Å²) in [4.78, 5) is 13.2. The summed E-state index contributed by atoms with van der Waals surface area (Å²) in [5.74, 6) is -0.0124. The number of carbonyl (C=O) groups excluding carboxylic acids is 1. The number of likely N-dealkylation sites (tertiary alicyclic amines) is 1. The molecule has 0 aromatic heterocycles. The van der Waals surface area contributed by atoms with Crippen molar-refractivity contribution in [3.63, 3.8) is 0 Å². The highest BCUT2D eigenvalue weighted by atomic mass is 19.1. The molecule has 0 saturated carbocycles. The van der Waals surface area contributed by atoms with Gasteiger partial charge in [-0.25, -0.2) is 4.39 Å². The summed E-state index contributed by atoms with van der Waals surface area (Å²) >= 11 is 0. The lowest BCUT2D eigenvalue weighted by molar-refractivity contribution is -0.128. The molecule has 3 nitrogen and oxygen atoms in total. The number of halogens is 1. The van der Waals surface area contributed by atoms with Gasteiger partial charge in [0.1, 0.15) is 5.82 Å². The van der Waals surface area contributed by atoms with Crippen molar-refractivity contribution in [2.75, 3.05) is 6.54 Å². The molecular weight excluding hydrogens is 219 g/mol. The highest BCUT2D eigenvalue weighted by Crippen LogP contribution is 2.20. The third kappa shape index (κ3) is 2.44. The zero-order valence-electron chi connectivity index (χ0n) is 9.61. The van der Waals surface area contributed by atoms with Crippen LogP contribution in [-0.4, -0.2) is 17.4 Å². The maximum Gasteiger partial charge on any atom is 0.223 e. The summed E-state index contributed by atoms with van der Waals surface area (Å²) in [6.45, 7) is 2.98. The lowest BCUT2D eigenvalue weighted by Crippen LogP contribution is -2.24. The molecule has 0 N–H and O–H groups in total. The first-order chi connectivity index (χ1) is 8.10. The second-order valence-corrected chi connectivity index (χ2v) is 4.50. The number of rotatable bonds is 2. The maximum atomic E-state index is 13.6. The average Bonchev–Trinajstić information content (AvgIpc) is 2.60. The van der Waals surface area contributed by atoms with E-state index in [1.54, 1.807) is 17.0 Å². The Morgan fingerprint density at radius 1 is 1.59 bits per heavy atom. The monoisotopic (exact) mass is 232 g/mol. The molecule has 0 aliphatic carbocycles. The van der Waals surface area contributed by atoms with Gasteiger partial charge >= 0.3 is 0 Å². The molecule has 1 aromatic rings. The largest absolute Gasteiger partial charge is 0.338 e. The summed E-state index contributed by atoms with van der Waals surface area (Å²) in [5.41, 5.74) is 0.763. The lowest BCUT2D eigenvalue weighted by Gasteiger charge is -2.16. The Bertz CT molecular complexity index is 493. The van der Waals surface area contributed by atoms with E-state index in [1.165, 1.54) is 6.07 Å². The van der Waals surface area contributed by atoms with Crippen molar-refractivity contribution in [3.05, 3.63) is 35.1 Å². The lowest BCUT2D eigenvalue weighted by atomic mass is 10.1. The van der Waals surface area contributed by atoms with Crippen LogP contribution in [0.5, 0.6) is 0 Å². The number of hydrogen-bond acceptors (Lipinski definition) is 2. The van der Waals surface area contributed by atoms with Gasteiger partial charge in [-0.3, -0.25) is 4.79 Å². The van der Waals surface area contributed by atoms with E-state index in [2.05, 4.69) is 0 Å². The van der Waals surface area contributed by atoms with Gasteiger partial charge < -0.3 is 4.90 Å². The van der Waals surface area contributed by atoms with E-state index >= 15 is 0 Å². The molecule has 1 aliphatic rings. The van der Waals surface area contributed by atoms with Crippen LogP contribution < -0.4 is 0 Å². The van der Waals surface area contributed by atoms with E-state index in [-0.39, 0.29) is 5.91 Å². The molecule has 88 valence electrons. The zero-order chi connectivity index (χ0) is 12.4. The molecule has 1 unspecified atom stereocenters. The summed E-state index contributed by atoms with van der Waals surface area (Å²) < 4.78 is 13.6. The molecule has 0 spiro atoms. The van der Waals surface area contributed by atoms with Gasteiger partial charge in [0.05, 0.1) is 11.6 Å². The Hall–Kier alpha value is -1.89. The molecule has 1 atom stereocenters. The first-order valence-corrected chi connectivity index (χ1v) is 5.56. The van der Waals surface area contributed by atoms with Crippen molar-refractivity contribution in [2.24, 2.45) is 5.92 Å². The predicted octanol–water partition coefficient (Wildman–Crippen LogP) is 2.07. The van der Waals surface area contributed by atoms with Gasteiger partial charge in [-0.2, -0.15) is 5.26 Å². The van der Waals surface area contributed by atoms with E-state index in [1.807, 2.05) is 13.0 Å².